The monoisotopic (exact) mass is 434 g/mol. The van der Waals surface area contributed by atoms with Crippen LogP contribution < -0.4 is 0 Å². The van der Waals surface area contributed by atoms with Crippen LogP contribution in [0.1, 0.15) is 62.6 Å². The molecule has 3 rings (SSSR count). The predicted molar refractivity (Wildman–Crippen MR) is 135 cm³/mol. The second-order valence-electron chi connectivity index (χ2n) is 9.97. The Morgan fingerprint density at radius 3 is 2.39 bits per heavy atom. The molecule has 0 bridgehead atoms. The summed E-state index contributed by atoms with van der Waals surface area (Å²) in [6.07, 6.45) is 5.10. The number of benzene rings is 2. The van der Waals surface area contributed by atoms with Crippen molar-refractivity contribution < 1.29 is 9.16 Å². The zero-order valence-electron chi connectivity index (χ0n) is 19.9. The van der Waals surface area contributed by atoms with E-state index in [2.05, 4.69) is 101 Å². The van der Waals surface area contributed by atoms with Crippen molar-refractivity contribution in [2.75, 3.05) is 6.61 Å². The summed E-state index contributed by atoms with van der Waals surface area (Å²) in [5, 5.41) is 0.256. The quantitative estimate of drug-likeness (QED) is 0.225. The molecule has 2 aromatic rings. The summed E-state index contributed by atoms with van der Waals surface area (Å²) in [4.78, 5) is 0. The van der Waals surface area contributed by atoms with Crippen LogP contribution in [0.15, 0.2) is 73.0 Å². The van der Waals surface area contributed by atoms with Crippen molar-refractivity contribution in [2.24, 2.45) is 0 Å². The highest BCUT2D eigenvalue weighted by Gasteiger charge is 2.36. The Morgan fingerprint density at radius 2 is 1.71 bits per heavy atom. The van der Waals surface area contributed by atoms with Crippen molar-refractivity contribution in [1.82, 2.24) is 0 Å². The Morgan fingerprint density at radius 1 is 1.03 bits per heavy atom. The van der Waals surface area contributed by atoms with Crippen molar-refractivity contribution >= 4 is 13.9 Å². The normalized spacial score (nSPS) is 15.3. The van der Waals surface area contributed by atoms with Gasteiger partial charge in [0.1, 0.15) is 12.4 Å². The summed E-state index contributed by atoms with van der Waals surface area (Å²) >= 11 is 0. The van der Waals surface area contributed by atoms with E-state index in [1.807, 2.05) is 0 Å². The molecule has 31 heavy (non-hydrogen) atoms. The van der Waals surface area contributed by atoms with Gasteiger partial charge in [0, 0.05) is 24.5 Å². The number of hydrogen-bond donors (Lipinski definition) is 0. The van der Waals surface area contributed by atoms with Gasteiger partial charge in [-0.3, -0.25) is 0 Å². The third-order valence-corrected chi connectivity index (χ3v) is 11.3. The molecule has 1 aliphatic rings. The molecule has 0 amide bonds. The average molecular weight is 435 g/mol. The molecule has 1 aliphatic heterocycles. The van der Waals surface area contributed by atoms with E-state index < -0.39 is 8.32 Å². The van der Waals surface area contributed by atoms with Crippen molar-refractivity contribution in [1.29, 1.82) is 0 Å². The summed E-state index contributed by atoms with van der Waals surface area (Å²) in [7, 11) is -1.68. The number of ether oxygens (including phenoxy) is 1. The molecule has 0 saturated carbocycles. The molecule has 0 radical (unpaired) electrons. The molecule has 0 aliphatic carbocycles. The van der Waals surface area contributed by atoms with Crippen molar-refractivity contribution in [3.8, 4) is 0 Å². The smallest absolute Gasteiger partial charge is 0.191 e. The first kappa shape index (κ1) is 23.6. The van der Waals surface area contributed by atoms with E-state index >= 15 is 0 Å². The molecule has 0 N–H and O–H groups in total. The summed E-state index contributed by atoms with van der Waals surface area (Å²) in [5.74, 6) is 1.24. The van der Waals surface area contributed by atoms with Gasteiger partial charge >= 0.3 is 0 Å². The van der Waals surface area contributed by atoms with Gasteiger partial charge in [0.25, 0.3) is 0 Å². The molecule has 0 spiro atoms. The fourth-order valence-corrected chi connectivity index (χ4v) is 4.95. The zero-order chi connectivity index (χ0) is 22.5. The van der Waals surface area contributed by atoms with E-state index in [-0.39, 0.29) is 11.0 Å². The Hall–Kier alpha value is -2.10. The van der Waals surface area contributed by atoms with Gasteiger partial charge in [-0.15, -0.1) is 6.58 Å². The van der Waals surface area contributed by atoms with Gasteiger partial charge < -0.3 is 9.16 Å². The molecule has 0 saturated heterocycles. The molecular weight excluding hydrogens is 396 g/mol. The second kappa shape index (κ2) is 10.0. The minimum Gasteiger partial charge on any atom is -0.493 e. The summed E-state index contributed by atoms with van der Waals surface area (Å²) in [6, 6.07) is 19.2. The molecule has 1 atom stereocenters. The maximum Gasteiger partial charge on any atom is 0.191 e. The van der Waals surface area contributed by atoms with Gasteiger partial charge in [-0.05, 0) is 47.7 Å². The van der Waals surface area contributed by atoms with E-state index in [9.17, 15) is 0 Å². The first-order valence-corrected chi connectivity index (χ1v) is 14.4. The van der Waals surface area contributed by atoms with Crippen molar-refractivity contribution in [3.05, 3.63) is 89.7 Å². The Labute approximate surface area is 190 Å². The highest BCUT2D eigenvalue weighted by atomic mass is 28.4. The van der Waals surface area contributed by atoms with Gasteiger partial charge in [0.05, 0.1) is 0 Å². The fourth-order valence-electron chi connectivity index (χ4n) is 3.86. The van der Waals surface area contributed by atoms with E-state index in [1.54, 1.807) is 0 Å². The lowest BCUT2D eigenvalue weighted by Gasteiger charge is -2.36. The van der Waals surface area contributed by atoms with Crippen LogP contribution in [0.4, 0.5) is 0 Å². The lowest BCUT2D eigenvalue weighted by molar-refractivity contribution is 0.181. The Bertz CT molecular complexity index is 906. The SMILES string of the molecule is C=CC(C1=C(CCCCO[Si](C)(C)C(C)(C)C)OCc2ccccc21)c1ccccc1. The van der Waals surface area contributed by atoms with Crippen LogP contribution in [-0.4, -0.2) is 14.9 Å². The Kier molecular flexibility index (Phi) is 7.61. The van der Waals surface area contributed by atoms with Gasteiger partial charge in [-0.1, -0.05) is 81.4 Å². The largest absolute Gasteiger partial charge is 0.493 e. The van der Waals surface area contributed by atoms with Crippen LogP contribution in [-0.2, 0) is 15.8 Å². The first-order valence-electron chi connectivity index (χ1n) is 11.5. The minimum absolute atomic E-state index is 0.126. The van der Waals surface area contributed by atoms with E-state index in [4.69, 9.17) is 9.16 Å². The number of hydrogen-bond acceptors (Lipinski definition) is 2. The van der Waals surface area contributed by atoms with E-state index in [0.717, 1.165) is 31.6 Å². The number of fused-ring (bicyclic) bond motifs is 1. The van der Waals surface area contributed by atoms with Gasteiger partial charge in [-0.25, -0.2) is 0 Å². The average Bonchev–Trinajstić information content (AvgIpc) is 2.75. The van der Waals surface area contributed by atoms with Crippen LogP contribution in [0.25, 0.3) is 5.57 Å². The fraction of sp³-hybridized carbons (Fsp3) is 0.429. The van der Waals surface area contributed by atoms with Crippen molar-refractivity contribution in [2.45, 2.75) is 70.7 Å². The molecule has 0 fully saturated rings. The Balaban J connectivity index is 1.78. The predicted octanol–water partition coefficient (Wildman–Crippen LogP) is 8.09. The number of rotatable bonds is 9. The summed E-state index contributed by atoms with van der Waals surface area (Å²) in [6.45, 7) is 17.2. The molecule has 2 aromatic carbocycles. The standard InChI is InChI=1S/C28H38O2Si/c1-7-24(22-15-9-8-10-16-22)27-25-18-12-11-17-23(25)21-29-26(27)19-13-14-20-30-31(5,6)28(2,3)4/h7-12,15-18,24H,1,13-14,19-21H2,2-6H3. The van der Waals surface area contributed by atoms with Crippen LogP contribution >= 0.6 is 0 Å². The van der Waals surface area contributed by atoms with Crippen LogP contribution in [0.3, 0.4) is 0 Å². The van der Waals surface area contributed by atoms with Gasteiger partial charge in [0.2, 0.25) is 0 Å². The summed E-state index contributed by atoms with van der Waals surface area (Å²) < 4.78 is 12.7. The highest BCUT2D eigenvalue weighted by molar-refractivity contribution is 6.74. The lowest BCUT2D eigenvalue weighted by atomic mass is 9.82. The maximum atomic E-state index is 6.37. The topological polar surface area (TPSA) is 18.5 Å². The van der Waals surface area contributed by atoms with Crippen LogP contribution in [0.2, 0.25) is 18.1 Å². The van der Waals surface area contributed by atoms with E-state index in [0.29, 0.717) is 6.61 Å². The molecule has 3 heteroatoms. The molecule has 166 valence electrons. The lowest BCUT2D eigenvalue weighted by Crippen LogP contribution is -2.40. The minimum atomic E-state index is -1.68. The maximum absolute atomic E-state index is 6.37. The third kappa shape index (κ3) is 5.58. The van der Waals surface area contributed by atoms with Crippen molar-refractivity contribution in [3.63, 3.8) is 0 Å². The van der Waals surface area contributed by atoms with Gasteiger partial charge in [-0.2, -0.15) is 0 Å². The molecular formula is C28H38O2Si. The highest BCUT2D eigenvalue weighted by Crippen LogP contribution is 2.42. The molecule has 1 unspecified atom stereocenters. The van der Waals surface area contributed by atoms with E-state index in [1.165, 1.54) is 22.3 Å². The summed E-state index contributed by atoms with van der Waals surface area (Å²) in [5.41, 5.74) is 5.08. The molecule has 2 nitrogen and oxygen atoms in total. The number of allylic oxidation sites excluding steroid dienone is 3. The van der Waals surface area contributed by atoms with Crippen LogP contribution in [0.5, 0.6) is 0 Å². The first-order chi connectivity index (χ1) is 14.7. The van der Waals surface area contributed by atoms with Crippen LogP contribution in [0, 0.1) is 0 Å². The van der Waals surface area contributed by atoms with Gasteiger partial charge in [0.15, 0.2) is 8.32 Å². The number of unbranched alkanes of at least 4 members (excludes halogenated alkanes) is 1. The molecule has 0 aromatic heterocycles. The molecule has 1 heterocycles. The second-order valence-corrected chi connectivity index (χ2v) is 14.8. The zero-order valence-corrected chi connectivity index (χ0v) is 20.9. The third-order valence-electron chi connectivity index (χ3n) is 6.78.